The number of aromatic amines is 1. The third kappa shape index (κ3) is 4.30. The van der Waals surface area contributed by atoms with Gasteiger partial charge < -0.3 is 10.3 Å². The lowest BCUT2D eigenvalue weighted by molar-refractivity contribution is 0.582. The Morgan fingerprint density at radius 3 is 2.71 bits per heavy atom. The average molecular weight is 308 g/mol. The number of H-pyrrole nitrogens is 1. The molecular formula is C14H20N4O2S. The van der Waals surface area contributed by atoms with E-state index in [9.17, 15) is 8.42 Å². The van der Waals surface area contributed by atoms with Crippen LogP contribution in [0.2, 0.25) is 0 Å². The molecule has 7 heteroatoms. The first-order valence-corrected chi connectivity index (χ1v) is 8.21. The summed E-state index contributed by atoms with van der Waals surface area (Å²) >= 11 is 0. The summed E-state index contributed by atoms with van der Waals surface area (Å²) in [6, 6.07) is 5.41. The van der Waals surface area contributed by atoms with Gasteiger partial charge in [0.1, 0.15) is 4.90 Å². The van der Waals surface area contributed by atoms with Crippen LogP contribution in [0.15, 0.2) is 35.5 Å². The minimum atomic E-state index is -3.59. The third-order valence-electron chi connectivity index (χ3n) is 2.89. The topological polar surface area (TPSA) is 86.9 Å². The number of anilines is 1. The molecule has 2 aromatic rings. The van der Waals surface area contributed by atoms with E-state index in [1.54, 1.807) is 18.2 Å². The van der Waals surface area contributed by atoms with Crippen LogP contribution in [0.1, 0.15) is 25.2 Å². The lowest BCUT2D eigenvalue weighted by Gasteiger charge is -2.06. The zero-order chi connectivity index (χ0) is 15.5. The number of hydrogen-bond donors (Lipinski definition) is 3. The number of nitrogens with zero attached hydrogens (tertiary/aromatic N) is 1. The minimum Gasteiger partial charge on any atom is -0.363 e. The molecule has 0 aliphatic rings. The quantitative estimate of drug-likeness (QED) is 0.762. The zero-order valence-corrected chi connectivity index (χ0v) is 13.2. The molecule has 0 aliphatic carbocycles. The summed E-state index contributed by atoms with van der Waals surface area (Å²) in [5.41, 5.74) is 2.11. The van der Waals surface area contributed by atoms with Crippen molar-refractivity contribution in [1.29, 1.82) is 0 Å². The van der Waals surface area contributed by atoms with Crippen molar-refractivity contribution >= 4 is 15.7 Å². The molecule has 0 unspecified atom stereocenters. The lowest BCUT2D eigenvalue weighted by atomic mass is 10.3. The SMILES string of the molecule is Cc1ccc(NS(=O)(=O)c2c[nH]c(CNC(C)C)c2)cn1. The first-order valence-electron chi connectivity index (χ1n) is 6.73. The van der Waals surface area contributed by atoms with Crippen LogP contribution in [0.4, 0.5) is 5.69 Å². The molecule has 2 heterocycles. The standard InChI is InChI=1S/C14H20N4O2S/c1-10(2)15-8-13-6-14(9-17-13)21(19,20)18-12-5-4-11(3)16-7-12/h4-7,9-10,15,17-18H,8H2,1-3H3. The van der Waals surface area contributed by atoms with E-state index in [0.717, 1.165) is 11.4 Å². The number of hydrogen-bond acceptors (Lipinski definition) is 4. The number of pyridine rings is 1. The van der Waals surface area contributed by atoms with Gasteiger partial charge in [0.05, 0.1) is 11.9 Å². The molecule has 2 rings (SSSR count). The molecule has 21 heavy (non-hydrogen) atoms. The molecule has 3 N–H and O–H groups in total. The predicted octanol–water partition coefficient (Wildman–Crippen LogP) is 2.02. The average Bonchev–Trinajstić information content (AvgIpc) is 2.88. The Morgan fingerprint density at radius 1 is 1.33 bits per heavy atom. The van der Waals surface area contributed by atoms with Gasteiger partial charge in [-0.2, -0.15) is 0 Å². The van der Waals surface area contributed by atoms with Crippen molar-refractivity contribution in [2.24, 2.45) is 0 Å². The fourth-order valence-electron chi connectivity index (χ4n) is 1.73. The van der Waals surface area contributed by atoms with Gasteiger partial charge in [0.25, 0.3) is 10.0 Å². The Hall–Kier alpha value is -1.86. The van der Waals surface area contributed by atoms with Crippen molar-refractivity contribution in [1.82, 2.24) is 15.3 Å². The van der Waals surface area contributed by atoms with Gasteiger partial charge in [0.15, 0.2) is 0 Å². The van der Waals surface area contributed by atoms with E-state index < -0.39 is 10.0 Å². The summed E-state index contributed by atoms with van der Waals surface area (Å²) in [5, 5.41) is 3.23. The van der Waals surface area contributed by atoms with Gasteiger partial charge in [-0.05, 0) is 25.1 Å². The molecular weight excluding hydrogens is 288 g/mol. The van der Waals surface area contributed by atoms with Crippen LogP contribution < -0.4 is 10.0 Å². The van der Waals surface area contributed by atoms with E-state index >= 15 is 0 Å². The van der Waals surface area contributed by atoms with Crippen LogP contribution in [0.3, 0.4) is 0 Å². The van der Waals surface area contributed by atoms with Crippen molar-refractivity contribution < 1.29 is 8.42 Å². The van der Waals surface area contributed by atoms with Crippen LogP contribution in [-0.4, -0.2) is 24.4 Å². The van der Waals surface area contributed by atoms with Crippen molar-refractivity contribution in [3.05, 3.63) is 42.0 Å². The van der Waals surface area contributed by atoms with E-state index in [1.807, 2.05) is 20.8 Å². The summed E-state index contributed by atoms with van der Waals surface area (Å²) in [5.74, 6) is 0. The maximum atomic E-state index is 12.3. The first-order chi connectivity index (χ1) is 9.87. The molecule has 0 aromatic carbocycles. The van der Waals surface area contributed by atoms with Gasteiger partial charge in [-0.25, -0.2) is 8.42 Å². The second-order valence-electron chi connectivity index (χ2n) is 5.19. The molecule has 0 saturated heterocycles. The number of aryl methyl sites for hydroxylation is 1. The number of aromatic nitrogens is 2. The van der Waals surface area contributed by atoms with Gasteiger partial charge in [-0.1, -0.05) is 13.8 Å². The van der Waals surface area contributed by atoms with Gasteiger partial charge in [-0.15, -0.1) is 0 Å². The Morgan fingerprint density at radius 2 is 2.10 bits per heavy atom. The maximum Gasteiger partial charge on any atom is 0.263 e. The smallest absolute Gasteiger partial charge is 0.263 e. The Balaban J connectivity index is 2.10. The number of nitrogens with one attached hydrogen (secondary N) is 3. The normalized spacial score (nSPS) is 11.8. The molecule has 0 atom stereocenters. The monoisotopic (exact) mass is 308 g/mol. The fourth-order valence-corrected chi connectivity index (χ4v) is 2.79. The summed E-state index contributed by atoms with van der Waals surface area (Å²) in [6.07, 6.45) is 2.99. The summed E-state index contributed by atoms with van der Waals surface area (Å²) in [6.45, 7) is 6.51. The second kappa shape index (κ2) is 6.28. The zero-order valence-electron chi connectivity index (χ0n) is 12.3. The van der Waals surface area contributed by atoms with Gasteiger partial charge in [0.2, 0.25) is 0 Å². The maximum absolute atomic E-state index is 12.3. The van der Waals surface area contributed by atoms with Crippen LogP contribution in [0, 0.1) is 6.92 Å². The van der Waals surface area contributed by atoms with E-state index in [0.29, 0.717) is 18.3 Å². The summed E-state index contributed by atoms with van der Waals surface area (Å²) in [4.78, 5) is 7.24. The van der Waals surface area contributed by atoms with Crippen molar-refractivity contribution in [2.45, 2.75) is 38.3 Å². The molecule has 0 amide bonds. The minimum absolute atomic E-state index is 0.212. The highest BCUT2D eigenvalue weighted by molar-refractivity contribution is 7.92. The van der Waals surface area contributed by atoms with Crippen LogP contribution in [0.25, 0.3) is 0 Å². The van der Waals surface area contributed by atoms with Crippen LogP contribution in [-0.2, 0) is 16.6 Å². The van der Waals surface area contributed by atoms with Crippen LogP contribution >= 0.6 is 0 Å². The highest BCUT2D eigenvalue weighted by atomic mass is 32.2. The molecule has 0 aliphatic heterocycles. The molecule has 2 aromatic heterocycles. The number of rotatable bonds is 6. The molecule has 0 bridgehead atoms. The van der Waals surface area contributed by atoms with Crippen molar-refractivity contribution in [3.8, 4) is 0 Å². The molecule has 0 spiro atoms. The van der Waals surface area contributed by atoms with E-state index in [1.165, 1.54) is 12.4 Å². The molecule has 0 saturated carbocycles. The van der Waals surface area contributed by atoms with E-state index in [4.69, 9.17) is 0 Å². The van der Waals surface area contributed by atoms with Crippen LogP contribution in [0.5, 0.6) is 0 Å². The summed E-state index contributed by atoms with van der Waals surface area (Å²) in [7, 11) is -3.59. The second-order valence-corrected chi connectivity index (χ2v) is 6.87. The first kappa shape index (κ1) is 15.5. The Labute approximate surface area is 125 Å². The number of sulfonamides is 1. The predicted molar refractivity (Wildman–Crippen MR) is 82.6 cm³/mol. The molecule has 114 valence electrons. The van der Waals surface area contributed by atoms with Gasteiger partial charge in [0, 0.05) is 30.2 Å². The largest absolute Gasteiger partial charge is 0.363 e. The highest BCUT2D eigenvalue weighted by Gasteiger charge is 2.16. The highest BCUT2D eigenvalue weighted by Crippen LogP contribution is 2.16. The van der Waals surface area contributed by atoms with Crippen molar-refractivity contribution in [3.63, 3.8) is 0 Å². The molecule has 0 radical (unpaired) electrons. The summed E-state index contributed by atoms with van der Waals surface area (Å²) < 4.78 is 27.0. The van der Waals surface area contributed by atoms with E-state index in [-0.39, 0.29) is 4.90 Å². The van der Waals surface area contributed by atoms with Gasteiger partial charge >= 0.3 is 0 Å². The lowest BCUT2D eigenvalue weighted by Crippen LogP contribution is -2.21. The fraction of sp³-hybridized carbons (Fsp3) is 0.357. The Kier molecular flexibility index (Phi) is 4.64. The molecule has 0 fully saturated rings. The van der Waals surface area contributed by atoms with Crippen molar-refractivity contribution in [2.75, 3.05) is 4.72 Å². The van der Waals surface area contributed by atoms with Gasteiger partial charge in [-0.3, -0.25) is 9.71 Å². The Bertz CT molecular complexity index is 690. The van der Waals surface area contributed by atoms with E-state index in [2.05, 4.69) is 20.0 Å². The molecule has 6 nitrogen and oxygen atoms in total. The third-order valence-corrected chi connectivity index (χ3v) is 4.25.